The Bertz CT molecular complexity index is 937. The number of hydrogen-bond donors (Lipinski definition) is 1. The van der Waals surface area contributed by atoms with Crippen molar-refractivity contribution in [1.29, 1.82) is 0 Å². The molecular weight excluding hydrogens is 350 g/mol. The Labute approximate surface area is 157 Å². The average Bonchev–Trinajstić information content (AvgIpc) is 2.65. The van der Waals surface area contributed by atoms with Crippen LogP contribution in [-0.4, -0.2) is 9.67 Å². The minimum Gasteiger partial charge on any atom is -0.483 e. The maximum atomic E-state index is 12.2. The van der Waals surface area contributed by atoms with E-state index in [1.807, 2.05) is 42.5 Å². The van der Waals surface area contributed by atoms with Crippen molar-refractivity contribution in [2.24, 2.45) is 0 Å². The van der Waals surface area contributed by atoms with Crippen LogP contribution in [0, 0.1) is 6.92 Å². The van der Waals surface area contributed by atoms with Gasteiger partial charge in [0.25, 0.3) is 0 Å². The average molecular weight is 370 g/mol. The molecule has 1 aromatic heterocycles. The second kappa shape index (κ2) is 8.21. The van der Waals surface area contributed by atoms with Gasteiger partial charge in [0.15, 0.2) is 5.75 Å². The molecule has 1 N–H and O–H groups in total. The molecule has 4 nitrogen and oxygen atoms in total. The van der Waals surface area contributed by atoms with Gasteiger partial charge in [-0.1, -0.05) is 60.1 Å². The lowest BCUT2D eigenvalue weighted by atomic mass is 10.1. The zero-order valence-electron chi connectivity index (χ0n) is 14.4. The number of hydrogen-bond acceptors (Lipinski definition) is 3. The van der Waals surface area contributed by atoms with Crippen LogP contribution >= 0.6 is 11.6 Å². The van der Waals surface area contributed by atoms with Crippen LogP contribution in [0.2, 0.25) is 5.02 Å². The van der Waals surface area contributed by atoms with Gasteiger partial charge in [-0.2, -0.15) is 0 Å². The van der Waals surface area contributed by atoms with E-state index in [-0.39, 0.29) is 12.0 Å². The van der Waals surface area contributed by atoms with Gasteiger partial charge in [0.05, 0.1) is 18.3 Å². The highest BCUT2D eigenvalue weighted by molar-refractivity contribution is 6.31. The lowest BCUT2D eigenvalue weighted by Crippen LogP contribution is -2.17. The Morgan fingerprint density at radius 2 is 1.77 bits per heavy atom. The lowest BCUT2D eigenvalue weighted by Gasteiger charge is -2.19. The second-order valence-corrected chi connectivity index (χ2v) is 6.47. The summed E-state index contributed by atoms with van der Waals surface area (Å²) in [5, 5.41) is 11.0. The first kappa shape index (κ1) is 18.2. The predicted molar refractivity (Wildman–Crippen MR) is 103 cm³/mol. The van der Waals surface area contributed by atoms with Gasteiger partial charge < -0.3 is 14.4 Å². The van der Waals surface area contributed by atoms with E-state index in [0.29, 0.717) is 28.6 Å². The minimum absolute atomic E-state index is 0.179. The Balaban J connectivity index is 1.81. The number of halogens is 1. The van der Waals surface area contributed by atoms with Crippen molar-refractivity contribution in [2.75, 3.05) is 0 Å². The number of benzene rings is 2. The van der Waals surface area contributed by atoms with Crippen molar-refractivity contribution in [3.63, 3.8) is 0 Å². The van der Waals surface area contributed by atoms with E-state index >= 15 is 0 Å². The molecule has 0 aliphatic heterocycles. The van der Waals surface area contributed by atoms with Crippen molar-refractivity contribution in [1.82, 2.24) is 4.57 Å². The number of aliphatic hydroxyl groups excluding tert-OH is 1. The molecule has 0 bridgehead atoms. The molecule has 5 heteroatoms. The zero-order valence-corrected chi connectivity index (χ0v) is 15.2. The maximum Gasteiger partial charge on any atom is 0.223 e. The van der Waals surface area contributed by atoms with Crippen molar-refractivity contribution in [3.05, 3.63) is 98.9 Å². The fraction of sp³-hybridized carbons (Fsp3) is 0.190. The van der Waals surface area contributed by atoms with Crippen LogP contribution in [0.15, 0.2) is 71.7 Å². The van der Waals surface area contributed by atoms with Crippen molar-refractivity contribution < 1.29 is 9.84 Å². The normalized spacial score (nSPS) is 12.0. The third-order valence-corrected chi connectivity index (χ3v) is 4.59. The Hall–Kier alpha value is -2.56. The van der Waals surface area contributed by atoms with Crippen LogP contribution in [0.5, 0.6) is 5.75 Å². The van der Waals surface area contributed by atoms with Crippen molar-refractivity contribution in [3.8, 4) is 5.75 Å². The van der Waals surface area contributed by atoms with Gasteiger partial charge in [0.1, 0.15) is 6.61 Å². The molecular formula is C21H20ClNO3. The summed E-state index contributed by atoms with van der Waals surface area (Å²) in [7, 11) is 0. The summed E-state index contributed by atoms with van der Waals surface area (Å²) >= 11 is 6.16. The van der Waals surface area contributed by atoms with Crippen LogP contribution in [0.1, 0.15) is 22.9 Å². The van der Waals surface area contributed by atoms with Gasteiger partial charge in [-0.15, -0.1) is 0 Å². The molecule has 0 aliphatic rings. The van der Waals surface area contributed by atoms with E-state index in [1.165, 1.54) is 6.07 Å². The third kappa shape index (κ3) is 4.15. The Morgan fingerprint density at radius 1 is 1.08 bits per heavy atom. The van der Waals surface area contributed by atoms with E-state index in [9.17, 15) is 9.90 Å². The number of aliphatic hydroxyl groups is 1. The molecule has 134 valence electrons. The molecule has 3 rings (SSSR count). The molecule has 0 radical (unpaired) electrons. The first-order chi connectivity index (χ1) is 12.6. The smallest absolute Gasteiger partial charge is 0.223 e. The Morgan fingerprint density at radius 3 is 2.50 bits per heavy atom. The summed E-state index contributed by atoms with van der Waals surface area (Å²) in [4.78, 5) is 12.2. The molecule has 0 saturated carbocycles. The van der Waals surface area contributed by atoms with Gasteiger partial charge in [-0.3, -0.25) is 4.79 Å². The molecule has 0 aliphatic carbocycles. The van der Waals surface area contributed by atoms with E-state index < -0.39 is 6.10 Å². The first-order valence-electron chi connectivity index (χ1n) is 8.35. The van der Waals surface area contributed by atoms with Crippen LogP contribution in [0.3, 0.4) is 0 Å². The van der Waals surface area contributed by atoms with Crippen LogP contribution in [0.25, 0.3) is 0 Å². The SMILES string of the molecule is Cc1c(OCc2ccccc2)c(=O)ccn1C[C@H](O)c1ccccc1Cl. The molecule has 2 aromatic carbocycles. The van der Waals surface area contributed by atoms with Gasteiger partial charge in [0.2, 0.25) is 5.43 Å². The topological polar surface area (TPSA) is 51.5 Å². The highest BCUT2D eigenvalue weighted by Gasteiger charge is 2.15. The first-order valence-corrected chi connectivity index (χ1v) is 8.73. The monoisotopic (exact) mass is 369 g/mol. The number of ether oxygens (including phenoxy) is 1. The predicted octanol–water partition coefficient (Wildman–Crippen LogP) is 4.12. The molecule has 0 saturated heterocycles. The summed E-state index contributed by atoms with van der Waals surface area (Å²) in [5.74, 6) is 0.294. The molecule has 1 atom stereocenters. The maximum absolute atomic E-state index is 12.2. The highest BCUT2D eigenvalue weighted by Crippen LogP contribution is 2.25. The van der Waals surface area contributed by atoms with Crippen LogP contribution in [0.4, 0.5) is 0 Å². The quantitative estimate of drug-likeness (QED) is 0.711. The lowest BCUT2D eigenvalue weighted by molar-refractivity contribution is 0.154. The second-order valence-electron chi connectivity index (χ2n) is 6.06. The summed E-state index contributed by atoms with van der Waals surface area (Å²) in [6.07, 6.45) is 0.875. The summed E-state index contributed by atoms with van der Waals surface area (Å²) < 4.78 is 7.57. The van der Waals surface area contributed by atoms with Crippen molar-refractivity contribution >= 4 is 11.6 Å². The molecule has 3 aromatic rings. The molecule has 1 heterocycles. The number of rotatable bonds is 6. The van der Waals surface area contributed by atoms with Gasteiger partial charge >= 0.3 is 0 Å². The Kier molecular flexibility index (Phi) is 5.76. The minimum atomic E-state index is -0.785. The zero-order chi connectivity index (χ0) is 18.5. The fourth-order valence-corrected chi connectivity index (χ4v) is 3.05. The fourth-order valence-electron chi connectivity index (χ4n) is 2.79. The number of aromatic nitrogens is 1. The third-order valence-electron chi connectivity index (χ3n) is 4.25. The summed E-state index contributed by atoms with van der Waals surface area (Å²) in [5.41, 5.74) is 2.12. The standard InChI is InChI=1S/C21H20ClNO3/c1-15-21(26-14-16-7-3-2-4-8-16)19(24)11-12-23(15)13-20(25)17-9-5-6-10-18(17)22/h2-12,20,25H,13-14H2,1H3/t20-/m0/s1. The van der Waals surface area contributed by atoms with E-state index in [1.54, 1.807) is 29.8 Å². The van der Waals surface area contributed by atoms with Gasteiger partial charge in [-0.05, 0) is 18.6 Å². The van der Waals surface area contributed by atoms with Gasteiger partial charge in [-0.25, -0.2) is 0 Å². The van der Waals surface area contributed by atoms with E-state index in [4.69, 9.17) is 16.3 Å². The molecule has 0 unspecified atom stereocenters. The molecule has 0 amide bonds. The van der Waals surface area contributed by atoms with Gasteiger partial charge in [0, 0.05) is 22.8 Å². The summed E-state index contributed by atoms with van der Waals surface area (Å²) in [6.45, 7) is 2.40. The largest absolute Gasteiger partial charge is 0.483 e. The molecule has 0 spiro atoms. The van der Waals surface area contributed by atoms with E-state index in [0.717, 1.165) is 5.56 Å². The molecule has 26 heavy (non-hydrogen) atoms. The molecule has 0 fully saturated rings. The van der Waals surface area contributed by atoms with E-state index in [2.05, 4.69) is 0 Å². The number of pyridine rings is 1. The van der Waals surface area contributed by atoms with Crippen LogP contribution < -0.4 is 10.2 Å². The van der Waals surface area contributed by atoms with Crippen molar-refractivity contribution in [2.45, 2.75) is 26.2 Å². The van der Waals surface area contributed by atoms with Crippen LogP contribution in [-0.2, 0) is 13.2 Å². The summed E-state index contributed by atoms with van der Waals surface area (Å²) in [6, 6.07) is 18.3. The highest BCUT2D eigenvalue weighted by atomic mass is 35.5. The number of nitrogens with zero attached hydrogens (tertiary/aromatic N) is 1.